The van der Waals surface area contributed by atoms with E-state index in [1.807, 2.05) is 6.92 Å². The van der Waals surface area contributed by atoms with Crippen LogP contribution in [-0.4, -0.2) is 24.7 Å². The number of hydrogen-bond donors (Lipinski definition) is 0. The second kappa shape index (κ2) is 5.89. The average molecular weight is 309 g/mol. The van der Waals surface area contributed by atoms with Gasteiger partial charge in [0, 0.05) is 18.0 Å². The molecule has 0 saturated heterocycles. The molecule has 0 amide bonds. The van der Waals surface area contributed by atoms with E-state index in [0.717, 1.165) is 0 Å². The zero-order valence-corrected chi connectivity index (χ0v) is 13.2. The van der Waals surface area contributed by atoms with E-state index >= 15 is 0 Å². The molecule has 1 heterocycles. The minimum Gasteiger partial charge on any atom is -0.424 e. The predicted molar refractivity (Wildman–Crippen MR) is 79.6 cm³/mol. The van der Waals surface area contributed by atoms with Crippen LogP contribution in [-0.2, 0) is 19.6 Å². The lowest BCUT2D eigenvalue weighted by molar-refractivity contribution is -0.136. The number of benzene rings is 1. The van der Waals surface area contributed by atoms with Crippen molar-refractivity contribution in [1.82, 2.24) is 4.31 Å². The van der Waals surface area contributed by atoms with Crippen LogP contribution in [0.25, 0.3) is 5.76 Å². The van der Waals surface area contributed by atoms with Gasteiger partial charge in [0.25, 0.3) is 10.0 Å². The second-order valence-electron chi connectivity index (χ2n) is 5.14. The van der Waals surface area contributed by atoms with E-state index in [0.29, 0.717) is 18.4 Å². The second-order valence-corrected chi connectivity index (χ2v) is 6.95. The Hall–Kier alpha value is -1.82. The van der Waals surface area contributed by atoms with Crippen LogP contribution in [0, 0.1) is 0 Å². The van der Waals surface area contributed by atoms with Gasteiger partial charge in [0.2, 0.25) is 0 Å². The van der Waals surface area contributed by atoms with Gasteiger partial charge in [-0.15, -0.1) is 0 Å². The number of ether oxygens (including phenoxy) is 1. The number of nitrogens with zero attached hydrogens (tertiary/aromatic N) is 1. The van der Waals surface area contributed by atoms with Crippen molar-refractivity contribution in [3.8, 4) is 0 Å². The van der Waals surface area contributed by atoms with Gasteiger partial charge in [-0.1, -0.05) is 19.1 Å². The molecule has 114 valence electrons. The Balaban J connectivity index is 2.51. The monoisotopic (exact) mass is 309 g/mol. The fourth-order valence-corrected chi connectivity index (χ4v) is 3.86. The molecule has 1 aromatic carbocycles. The van der Waals surface area contributed by atoms with E-state index in [9.17, 15) is 13.2 Å². The number of esters is 1. The zero-order valence-electron chi connectivity index (χ0n) is 12.4. The Morgan fingerprint density at radius 1 is 1.29 bits per heavy atom. The van der Waals surface area contributed by atoms with Gasteiger partial charge in [-0.2, -0.15) is 0 Å². The van der Waals surface area contributed by atoms with Crippen molar-refractivity contribution in [3.63, 3.8) is 0 Å². The third kappa shape index (κ3) is 2.95. The molecule has 21 heavy (non-hydrogen) atoms. The van der Waals surface area contributed by atoms with Crippen LogP contribution < -0.4 is 0 Å². The van der Waals surface area contributed by atoms with E-state index in [2.05, 4.69) is 0 Å². The number of rotatable bonds is 4. The van der Waals surface area contributed by atoms with Crippen LogP contribution in [0.2, 0.25) is 0 Å². The molecular formula is C15H19NO4S. The lowest BCUT2D eigenvalue weighted by atomic mass is 10.2. The molecule has 5 nitrogen and oxygen atoms in total. The highest BCUT2D eigenvalue weighted by Crippen LogP contribution is 2.34. The predicted octanol–water partition coefficient (Wildman–Crippen LogP) is 2.74. The van der Waals surface area contributed by atoms with Crippen LogP contribution in [0.3, 0.4) is 0 Å². The summed E-state index contributed by atoms with van der Waals surface area (Å²) in [5, 5.41) is 0. The van der Waals surface area contributed by atoms with Gasteiger partial charge in [-0.05, 0) is 32.4 Å². The first-order valence-corrected chi connectivity index (χ1v) is 8.37. The highest BCUT2D eigenvalue weighted by molar-refractivity contribution is 7.89. The third-order valence-corrected chi connectivity index (χ3v) is 5.13. The molecule has 0 spiro atoms. The van der Waals surface area contributed by atoms with Crippen molar-refractivity contribution in [1.29, 1.82) is 0 Å². The molecule has 2 rings (SSSR count). The van der Waals surface area contributed by atoms with Gasteiger partial charge < -0.3 is 4.74 Å². The fraction of sp³-hybridized carbons (Fsp3) is 0.400. The van der Waals surface area contributed by atoms with Crippen molar-refractivity contribution in [2.24, 2.45) is 0 Å². The summed E-state index contributed by atoms with van der Waals surface area (Å²) in [5.41, 5.74) is 0.429. The minimum atomic E-state index is -3.60. The number of sulfonamides is 1. The largest absolute Gasteiger partial charge is 0.424 e. The van der Waals surface area contributed by atoms with Crippen LogP contribution >= 0.6 is 0 Å². The first kappa shape index (κ1) is 15.6. The summed E-state index contributed by atoms with van der Waals surface area (Å²) < 4.78 is 31.7. The molecule has 1 aliphatic heterocycles. The SMILES string of the molecule is CCCC(=O)OC1=CN(C(C)C)S(=O)(=O)c2ccccc21. The van der Waals surface area contributed by atoms with Gasteiger partial charge in [-0.3, -0.25) is 9.10 Å². The summed E-state index contributed by atoms with van der Waals surface area (Å²) in [6.07, 6.45) is 2.38. The minimum absolute atomic E-state index is 0.167. The first-order chi connectivity index (χ1) is 9.87. The van der Waals surface area contributed by atoms with Crippen molar-refractivity contribution >= 4 is 21.8 Å². The summed E-state index contributed by atoms with van der Waals surface area (Å²) >= 11 is 0. The molecular weight excluding hydrogens is 290 g/mol. The van der Waals surface area contributed by atoms with E-state index in [-0.39, 0.29) is 22.7 Å². The van der Waals surface area contributed by atoms with Crippen molar-refractivity contribution in [2.75, 3.05) is 0 Å². The van der Waals surface area contributed by atoms with Gasteiger partial charge >= 0.3 is 5.97 Å². The molecule has 6 heteroatoms. The molecule has 0 aliphatic carbocycles. The molecule has 0 atom stereocenters. The van der Waals surface area contributed by atoms with Crippen LogP contribution in [0.4, 0.5) is 0 Å². The van der Waals surface area contributed by atoms with Crippen LogP contribution in [0.5, 0.6) is 0 Å². The molecule has 0 aromatic heterocycles. The number of fused-ring (bicyclic) bond motifs is 1. The molecule has 0 radical (unpaired) electrons. The van der Waals surface area contributed by atoms with Crippen molar-refractivity contribution in [3.05, 3.63) is 36.0 Å². The van der Waals surface area contributed by atoms with Crippen molar-refractivity contribution < 1.29 is 17.9 Å². The highest BCUT2D eigenvalue weighted by Gasteiger charge is 2.33. The van der Waals surface area contributed by atoms with E-state index in [1.54, 1.807) is 32.0 Å². The number of carbonyl (C=O) groups is 1. The molecule has 0 fully saturated rings. The van der Waals surface area contributed by atoms with Gasteiger partial charge in [0.1, 0.15) is 0 Å². The molecule has 0 bridgehead atoms. The molecule has 0 saturated carbocycles. The summed E-state index contributed by atoms with van der Waals surface area (Å²) in [4.78, 5) is 11.9. The van der Waals surface area contributed by atoms with Crippen molar-refractivity contribution in [2.45, 2.75) is 44.6 Å². The maximum atomic E-state index is 12.5. The summed E-state index contributed by atoms with van der Waals surface area (Å²) in [5.74, 6) is -0.0749. The highest BCUT2D eigenvalue weighted by atomic mass is 32.2. The van der Waals surface area contributed by atoms with Gasteiger partial charge in [-0.25, -0.2) is 8.42 Å². The van der Waals surface area contributed by atoms with E-state index in [1.165, 1.54) is 16.6 Å². The smallest absolute Gasteiger partial charge is 0.311 e. The Bertz CT molecular complexity index is 677. The first-order valence-electron chi connectivity index (χ1n) is 6.93. The molecule has 0 unspecified atom stereocenters. The summed E-state index contributed by atoms with van der Waals surface area (Å²) in [6, 6.07) is 6.30. The fourth-order valence-electron chi connectivity index (χ4n) is 2.15. The van der Waals surface area contributed by atoms with E-state index < -0.39 is 10.0 Å². The van der Waals surface area contributed by atoms with Crippen LogP contribution in [0.1, 0.15) is 39.2 Å². The lowest BCUT2D eigenvalue weighted by Crippen LogP contribution is -2.35. The Kier molecular flexibility index (Phi) is 4.37. The standard InChI is InChI=1S/C15H19NO4S/c1-4-7-15(17)20-13-10-16(11(2)3)21(18,19)14-9-6-5-8-12(13)14/h5-6,8-11H,4,7H2,1-3H3. The van der Waals surface area contributed by atoms with Gasteiger partial charge in [0.05, 0.1) is 11.1 Å². The molecule has 0 N–H and O–H groups in total. The summed E-state index contributed by atoms with van der Waals surface area (Å²) in [6.45, 7) is 5.43. The topological polar surface area (TPSA) is 63.7 Å². The molecule has 1 aliphatic rings. The molecule has 1 aromatic rings. The van der Waals surface area contributed by atoms with Gasteiger partial charge in [0.15, 0.2) is 5.76 Å². The van der Waals surface area contributed by atoms with Crippen LogP contribution in [0.15, 0.2) is 35.4 Å². The maximum Gasteiger partial charge on any atom is 0.311 e. The maximum absolute atomic E-state index is 12.5. The number of carbonyl (C=O) groups excluding carboxylic acids is 1. The number of hydrogen-bond acceptors (Lipinski definition) is 4. The average Bonchev–Trinajstić information content (AvgIpc) is 2.42. The Labute approximate surface area is 125 Å². The zero-order chi connectivity index (χ0) is 15.6. The lowest BCUT2D eigenvalue weighted by Gasteiger charge is -2.30. The summed E-state index contributed by atoms with van der Waals surface area (Å²) in [7, 11) is -3.60. The Morgan fingerprint density at radius 3 is 2.57 bits per heavy atom. The normalized spacial score (nSPS) is 16.4. The van der Waals surface area contributed by atoms with E-state index in [4.69, 9.17) is 4.74 Å². The Morgan fingerprint density at radius 2 is 1.95 bits per heavy atom. The third-order valence-electron chi connectivity index (χ3n) is 3.14. The quantitative estimate of drug-likeness (QED) is 0.802.